The normalized spacial score (nSPS) is 12.4. The van der Waals surface area contributed by atoms with Gasteiger partial charge in [0.1, 0.15) is 0 Å². The van der Waals surface area contributed by atoms with Crippen molar-refractivity contribution in [2.24, 2.45) is 0 Å². The number of fused-ring (bicyclic) bond motifs is 2. The van der Waals surface area contributed by atoms with Crippen LogP contribution in [-0.2, 0) is 0 Å². The van der Waals surface area contributed by atoms with Crippen LogP contribution in [-0.4, -0.2) is 0 Å². The van der Waals surface area contributed by atoms with E-state index >= 15 is 0 Å². The number of hydrogen-bond donors (Lipinski definition) is 1. The molecule has 3 heteroatoms. The third-order valence-electron chi connectivity index (χ3n) is 2.74. The molecule has 1 heterocycles. The third kappa shape index (κ3) is 2.17. The number of hydrogen-bond acceptors (Lipinski definition) is 1. The minimum absolute atomic E-state index is 1.08. The van der Waals surface area contributed by atoms with E-state index in [-0.39, 0.29) is 0 Å². The SMILES string of the molecule is Brc1ccc2c(c1)C=Cc1ccc(Br)cc1N2. The van der Waals surface area contributed by atoms with Crippen LogP contribution >= 0.6 is 31.9 Å². The minimum Gasteiger partial charge on any atom is -0.355 e. The molecule has 84 valence electrons. The highest BCUT2D eigenvalue weighted by molar-refractivity contribution is 9.10. The first-order chi connectivity index (χ1) is 8.22. The Morgan fingerprint density at radius 1 is 0.706 bits per heavy atom. The van der Waals surface area contributed by atoms with Gasteiger partial charge < -0.3 is 5.32 Å². The second kappa shape index (κ2) is 4.31. The number of rotatable bonds is 0. The maximum absolute atomic E-state index is 3.50. The molecular formula is C14H9Br2N. The standard InChI is InChI=1S/C14H9Br2N/c15-11-5-6-13-10(7-11)2-1-9-3-4-12(16)8-14(9)17-13/h1-8,17H. The summed E-state index contributed by atoms with van der Waals surface area (Å²) in [7, 11) is 0. The topological polar surface area (TPSA) is 12.0 Å². The molecule has 0 saturated carbocycles. The van der Waals surface area contributed by atoms with Crippen molar-refractivity contribution in [3.05, 3.63) is 56.5 Å². The van der Waals surface area contributed by atoms with Crippen molar-refractivity contribution >= 4 is 55.4 Å². The average molecular weight is 351 g/mol. The zero-order chi connectivity index (χ0) is 11.8. The average Bonchev–Trinajstić information content (AvgIpc) is 2.47. The second-order valence-electron chi connectivity index (χ2n) is 3.92. The van der Waals surface area contributed by atoms with Gasteiger partial charge in [0.25, 0.3) is 0 Å². The van der Waals surface area contributed by atoms with Gasteiger partial charge in [-0.05, 0) is 41.5 Å². The predicted octanol–water partition coefficient (Wildman–Crippen LogP) is 5.44. The summed E-state index contributed by atoms with van der Waals surface area (Å²) in [6, 6.07) is 12.5. The van der Waals surface area contributed by atoms with E-state index < -0.39 is 0 Å². The van der Waals surface area contributed by atoms with Crippen LogP contribution < -0.4 is 5.32 Å². The summed E-state index contributed by atoms with van der Waals surface area (Å²) >= 11 is 6.99. The van der Waals surface area contributed by atoms with Gasteiger partial charge in [0.05, 0.1) is 0 Å². The highest BCUT2D eigenvalue weighted by atomic mass is 79.9. The van der Waals surface area contributed by atoms with E-state index in [9.17, 15) is 0 Å². The van der Waals surface area contributed by atoms with Crippen LogP contribution in [0.2, 0.25) is 0 Å². The Morgan fingerprint density at radius 3 is 2.29 bits per heavy atom. The molecule has 0 aromatic heterocycles. The van der Waals surface area contributed by atoms with Crippen molar-refractivity contribution in [2.75, 3.05) is 5.32 Å². The van der Waals surface area contributed by atoms with Gasteiger partial charge in [0.2, 0.25) is 0 Å². The van der Waals surface area contributed by atoms with Crippen molar-refractivity contribution in [3.8, 4) is 0 Å². The number of anilines is 2. The highest BCUT2D eigenvalue weighted by Crippen LogP contribution is 2.33. The van der Waals surface area contributed by atoms with Gasteiger partial charge in [-0.15, -0.1) is 0 Å². The number of benzene rings is 2. The lowest BCUT2D eigenvalue weighted by Gasteiger charge is -2.10. The van der Waals surface area contributed by atoms with E-state index in [1.54, 1.807) is 0 Å². The van der Waals surface area contributed by atoms with E-state index in [0.717, 1.165) is 20.3 Å². The van der Waals surface area contributed by atoms with E-state index in [1.807, 2.05) is 6.07 Å². The Bertz CT molecular complexity index is 618. The molecule has 17 heavy (non-hydrogen) atoms. The van der Waals surface area contributed by atoms with Gasteiger partial charge in [-0.3, -0.25) is 0 Å². The Balaban J connectivity index is 2.16. The zero-order valence-corrected chi connectivity index (χ0v) is 12.0. The first-order valence-corrected chi connectivity index (χ1v) is 6.85. The molecule has 0 saturated heterocycles. The molecule has 0 radical (unpaired) electrons. The number of halogens is 2. The van der Waals surface area contributed by atoms with Crippen LogP contribution in [0.4, 0.5) is 11.4 Å². The van der Waals surface area contributed by atoms with E-state index in [0.29, 0.717) is 0 Å². The highest BCUT2D eigenvalue weighted by Gasteiger charge is 2.08. The van der Waals surface area contributed by atoms with Crippen molar-refractivity contribution < 1.29 is 0 Å². The van der Waals surface area contributed by atoms with Gasteiger partial charge in [-0.25, -0.2) is 0 Å². The summed E-state index contributed by atoms with van der Waals surface area (Å²) in [5.74, 6) is 0. The van der Waals surface area contributed by atoms with E-state index in [1.165, 1.54) is 11.1 Å². The van der Waals surface area contributed by atoms with Crippen LogP contribution in [0.3, 0.4) is 0 Å². The van der Waals surface area contributed by atoms with Gasteiger partial charge in [-0.2, -0.15) is 0 Å². The molecule has 1 aliphatic rings. The van der Waals surface area contributed by atoms with E-state index in [4.69, 9.17) is 0 Å². The molecule has 2 aromatic rings. The Morgan fingerprint density at radius 2 is 1.41 bits per heavy atom. The van der Waals surface area contributed by atoms with Gasteiger partial charge in [-0.1, -0.05) is 50.1 Å². The molecule has 0 aliphatic carbocycles. The first kappa shape index (κ1) is 11.1. The Hall–Kier alpha value is -1.06. The quantitative estimate of drug-likeness (QED) is 0.569. The van der Waals surface area contributed by atoms with Gasteiger partial charge >= 0.3 is 0 Å². The second-order valence-corrected chi connectivity index (χ2v) is 5.75. The molecule has 0 unspecified atom stereocenters. The summed E-state index contributed by atoms with van der Waals surface area (Å²) < 4.78 is 2.17. The van der Waals surface area contributed by atoms with Crippen LogP contribution in [0.5, 0.6) is 0 Å². The summed E-state index contributed by atoms with van der Waals surface area (Å²) in [5.41, 5.74) is 4.63. The van der Waals surface area contributed by atoms with Crippen LogP contribution in [0.15, 0.2) is 45.3 Å². The Kier molecular flexibility index (Phi) is 2.81. The lowest BCUT2D eigenvalue weighted by molar-refractivity contribution is 1.51. The molecule has 0 atom stereocenters. The lowest BCUT2D eigenvalue weighted by atomic mass is 10.1. The van der Waals surface area contributed by atoms with Crippen molar-refractivity contribution in [2.45, 2.75) is 0 Å². The van der Waals surface area contributed by atoms with Crippen molar-refractivity contribution in [3.63, 3.8) is 0 Å². The molecule has 0 spiro atoms. The molecule has 1 N–H and O–H groups in total. The molecule has 0 fully saturated rings. The number of nitrogens with one attached hydrogen (secondary N) is 1. The molecular weight excluding hydrogens is 342 g/mol. The minimum atomic E-state index is 1.08. The maximum Gasteiger partial charge on any atom is 0.0469 e. The fourth-order valence-electron chi connectivity index (χ4n) is 1.89. The lowest BCUT2D eigenvalue weighted by Crippen LogP contribution is -1.93. The molecule has 3 rings (SSSR count). The third-order valence-corrected chi connectivity index (χ3v) is 3.73. The smallest absolute Gasteiger partial charge is 0.0469 e. The van der Waals surface area contributed by atoms with Crippen LogP contribution in [0, 0.1) is 0 Å². The predicted molar refractivity (Wildman–Crippen MR) is 80.5 cm³/mol. The maximum atomic E-state index is 3.50. The molecule has 1 nitrogen and oxygen atoms in total. The summed E-state index contributed by atoms with van der Waals surface area (Å²) in [4.78, 5) is 0. The van der Waals surface area contributed by atoms with E-state index in [2.05, 4.69) is 79.7 Å². The summed E-state index contributed by atoms with van der Waals surface area (Å²) in [5, 5.41) is 3.46. The Labute approximate surface area is 117 Å². The van der Waals surface area contributed by atoms with Crippen molar-refractivity contribution in [1.82, 2.24) is 0 Å². The summed E-state index contributed by atoms with van der Waals surface area (Å²) in [6.07, 6.45) is 4.26. The fourth-order valence-corrected chi connectivity index (χ4v) is 2.63. The van der Waals surface area contributed by atoms with Crippen LogP contribution in [0.25, 0.3) is 12.2 Å². The molecule has 2 aromatic carbocycles. The van der Waals surface area contributed by atoms with Gasteiger partial charge in [0.15, 0.2) is 0 Å². The van der Waals surface area contributed by atoms with Crippen LogP contribution in [0.1, 0.15) is 11.1 Å². The molecule has 0 amide bonds. The molecule has 1 aliphatic heterocycles. The zero-order valence-electron chi connectivity index (χ0n) is 8.87. The fraction of sp³-hybridized carbons (Fsp3) is 0. The summed E-state index contributed by atoms with van der Waals surface area (Å²) in [6.45, 7) is 0. The largest absolute Gasteiger partial charge is 0.355 e. The molecule has 0 bridgehead atoms. The first-order valence-electron chi connectivity index (χ1n) is 5.26. The monoisotopic (exact) mass is 349 g/mol. The van der Waals surface area contributed by atoms with Gasteiger partial charge in [0, 0.05) is 20.3 Å². The van der Waals surface area contributed by atoms with Crippen molar-refractivity contribution in [1.29, 1.82) is 0 Å².